The maximum atomic E-state index is 12.4. The van der Waals surface area contributed by atoms with Crippen LogP contribution in [0.3, 0.4) is 0 Å². The van der Waals surface area contributed by atoms with Crippen LogP contribution in [0.1, 0.15) is 36.8 Å². The molecule has 186 valence electrons. The highest BCUT2D eigenvalue weighted by atomic mass is 16.6. The molecule has 1 aliphatic heterocycles. The highest BCUT2D eigenvalue weighted by Crippen LogP contribution is 2.44. The number of hydrogen-bond acceptors (Lipinski definition) is 6. The third kappa shape index (κ3) is 5.47. The van der Waals surface area contributed by atoms with Crippen molar-refractivity contribution in [3.63, 3.8) is 0 Å². The van der Waals surface area contributed by atoms with Gasteiger partial charge < -0.3 is 30.0 Å². The van der Waals surface area contributed by atoms with Gasteiger partial charge in [0.1, 0.15) is 12.7 Å². The molecule has 3 N–H and O–H groups in total. The largest absolute Gasteiger partial charge is 0.480 e. The van der Waals surface area contributed by atoms with Crippen molar-refractivity contribution < 1.29 is 33.7 Å². The van der Waals surface area contributed by atoms with E-state index in [1.165, 1.54) is 7.11 Å². The molecule has 0 bridgehead atoms. The Bertz CT molecular complexity index is 1040. The molecule has 4 atom stereocenters. The van der Waals surface area contributed by atoms with Crippen LogP contribution >= 0.6 is 0 Å². The van der Waals surface area contributed by atoms with E-state index in [-0.39, 0.29) is 25.2 Å². The van der Waals surface area contributed by atoms with Crippen LogP contribution in [0.15, 0.2) is 48.5 Å². The fourth-order valence-corrected chi connectivity index (χ4v) is 4.66. The van der Waals surface area contributed by atoms with Crippen molar-refractivity contribution in [2.75, 3.05) is 20.3 Å². The summed E-state index contributed by atoms with van der Waals surface area (Å²) in [6.45, 7) is 1.97. The third-order valence-electron chi connectivity index (χ3n) is 6.62. The van der Waals surface area contributed by atoms with Crippen molar-refractivity contribution in [1.29, 1.82) is 0 Å². The van der Waals surface area contributed by atoms with Crippen LogP contribution in [0.5, 0.6) is 0 Å². The first-order chi connectivity index (χ1) is 16.9. The lowest BCUT2D eigenvalue weighted by atomic mass is 9.98. The van der Waals surface area contributed by atoms with Gasteiger partial charge in [0.25, 0.3) is 0 Å². The van der Waals surface area contributed by atoms with Crippen molar-refractivity contribution in [2.45, 2.75) is 50.0 Å². The van der Waals surface area contributed by atoms with Gasteiger partial charge in [-0.3, -0.25) is 4.79 Å². The number of carboxylic acids is 1. The number of rotatable bonds is 9. The summed E-state index contributed by atoms with van der Waals surface area (Å²) in [7, 11) is 1.38. The second kappa shape index (κ2) is 10.9. The van der Waals surface area contributed by atoms with Crippen molar-refractivity contribution in [2.24, 2.45) is 0 Å². The molecule has 9 heteroatoms. The van der Waals surface area contributed by atoms with E-state index < -0.39 is 36.2 Å². The SMILES string of the molecule is COC(C)C(NC(=O)C1CCC(CNC(=O)OCC2c3ccccc3-c3ccccc32)O1)C(=O)O. The molecular weight excluding hydrogens is 452 g/mol. The fraction of sp³-hybridized carbons (Fsp3) is 0.423. The zero-order valence-electron chi connectivity index (χ0n) is 19.7. The van der Waals surface area contributed by atoms with Gasteiger partial charge in [-0.25, -0.2) is 9.59 Å². The van der Waals surface area contributed by atoms with Crippen LogP contribution < -0.4 is 10.6 Å². The van der Waals surface area contributed by atoms with Crippen LogP contribution in [0, 0.1) is 0 Å². The lowest BCUT2D eigenvalue weighted by Crippen LogP contribution is -2.51. The number of alkyl carbamates (subject to hydrolysis) is 1. The third-order valence-corrected chi connectivity index (χ3v) is 6.62. The fourth-order valence-electron chi connectivity index (χ4n) is 4.66. The van der Waals surface area contributed by atoms with Crippen LogP contribution in [-0.4, -0.2) is 67.7 Å². The van der Waals surface area contributed by atoms with E-state index in [4.69, 9.17) is 14.2 Å². The lowest BCUT2D eigenvalue weighted by molar-refractivity contribution is -0.147. The molecule has 0 saturated carbocycles. The van der Waals surface area contributed by atoms with E-state index in [0.717, 1.165) is 22.3 Å². The van der Waals surface area contributed by atoms with E-state index in [9.17, 15) is 19.5 Å². The number of benzene rings is 2. The normalized spacial score (nSPS) is 20.4. The van der Waals surface area contributed by atoms with Gasteiger partial charge in [0.05, 0.1) is 12.2 Å². The zero-order chi connectivity index (χ0) is 24.9. The average molecular weight is 483 g/mol. The molecule has 9 nitrogen and oxygen atoms in total. The molecule has 4 unspecified atom stereocenters. The minimum absolute atomic E-state index is 0.0272. The van der Waals surface area contributed by atoms with Crippen molar-refractivity contribution in [3.05, 3.63) is 59.7 Å². The smallest absolute Gasteiger partial charge is 0.407 e. The summed E-state index contributed by atoms with van der Waals surface area (Å²) in [6, 6.07) is 15.1. The van der Waals surface area contributed by atoms with Gasteiger partial charge in [-0.2, -0.15) is 0 Å². The molecule has 1 fully saturated rings. The summed E-state index contributed by atoms with van der Waals surface area (Å²) >= 11 is 0. The zero-order valence-corrected chi connectivity index (χ0v) is 19.7. The molecule has 2 aromatic carbocycles. The predicted molar refractivity (Wildman–Crippen MR) is 127 cm³/mol. The first-order valence-electron chi connectivity index (χ1n) is 11.7. The van der Waals surface area contributed by atoms with Gasteiger partial charge in [0, 0.05) is 19.6 Å². The van der Waals surface area contributed by atoms with Crippen molar-refractivity contribution in [1.82, 2.24) is 10.6 Å². The lowest BCUT2D eigenvalue weighted by Gasteiger charge is -2.22. The standard InChI is InChI=1S/C26H30N2O7/c1-15(33-2)23(25(30)31)28-24(29)22-12-11-16(35-22)13-27-26(32)34-14-21-19-9-5-3-7-17(19)18-8-4-6-10-20(18)21/h3-10,15-16,21-23H,11-14H2,1-2H3,(H,27,32)(H,28,29)(H,30,31). The van der Waals surface area contributed by atoms with Gasteiger partial charge >= 0.3 is 12.1 Å². The van der Waals surface area contributed by atoms with Crippen LogP contribution in [0.2, 0.25) is 0 Å². The van der Waals surface area contributed by atoms with E-state index in [0.29, 0.717) is 12.8 Å². The molecule has 2 aliphatic rings. The topological polar surface area (TPSA) is 123 Å². The van der Waals surface area contributed by atoms with E-state index in [1.54, 1.807) is 6.92 Å². The molecule has 0 aromatic heterocycles. The number of carbonyl (C=O) groups excluding carboxylic acids is 2. The number of aliphatic carboxylic acids is 1. The van der Waals surface area contributed by atoms with Gasteiger partial charge in [-0.1, -0.05) is 48.5 Å². The van der Waals surface area contributed by atoms with E-state index in [2.05, 4.69) is 34.9 Å². The number of nitrogens with one attached hydrogen (secondary N) is 2. The summed E-state index contributed by atoms with van der Waals surface area (Å²) in [5, 5.41) is 14.5. The second-order valence-electron chi connectivity index (χ2n) is 8.80. The number of fused-ring (bicyclic) bond motifs is 3. The predicted octanol–water partition coefficient (Wildman–Crippen LogP) is 2.68. The highest BCUT2D eigenvalue weighted by Gasteiger charge is 2.35. The van der Waals surface area contributed by atoms with Gasteiger partial charge in [-0.15, -0.1) is 0 Å². The Morgan fingerprint density at radius 3 is 2.29 bits per heavy atom. The molecule has 1 aliphatic carbocycles. The minimum atomic E-state index is -1.18. The van der Waals surface area contributed by atoms with Crippen LogP contribution in [0.4, 0.5) is 4.79 Å². The van der Waals surface area contributed by atoms with Crippen LogP contribution in [-0.2, 0) is 23.8 Å². The molecule has 0 spiro atoms. The van der Waals surface area contributed by atoms with Gasteiger partial charge in [0.2, 0.25) is 5.91 Å². The first kappa shape index (κ1) is 24.7. The molecule has 2 aromatic rings. The summed E-state index contributed by atoms with van der Waals surface area (Å²) in [5.41, 5.74) is 4.59. The highest BCUT2D eigenvalue weighted by molar-refractivity contribution is 5.86. The molecular formula is C26H30N2O7. The Balaban J connectivity index is 1.24. The Kier molecular flexibility index (Phi) is 7.67. The Hall–Kier alpha value is -3.43. The number of ether oxygens (including phenoxy) is 3. The van der Waals surface area contributed by atoms with Crippen molar-refractivity contribution in [3.8, 4) is 11.1 Å². The number of hydrogen-bond donors (Lipinski definition) is 3. The number of amides is 2. The van der Waals surface area contributed by atoms with Gasteiger partial charge in [0.15, 0.2) is 6.04 Å². The Morgan fingerprint density at radius 1 is 1.06 bits per heavy atom. The number of carbonyl (C=O) groups is 3. The van der Waals surface area contributed by atoms with Crippen LogP contribution in [0.25, 0.3) is 11.1 Å². The Morgan fingerprint density at radius 2 is 1.69 bits per heavy atom. The molecule has 1 heterocycles. The molecule has 0 radical (unpaired) electrons. The summed E-state index contributed by atoms with van der Waals surface area (Å²) in [6.07, 6.45) is -1.41. The van der Waals surface area contributed by atoms with E-state index in [1.807, 2.05) is 24.3 Å². The average Bonchev–Trinajstić information content (AvgIpc) is 3.47. The Labute approximate surface area is 203 Å². The number of methoxy groups -OCH3 is 1. The summed E-state index contributed by atoms with van der Waals surface area (Å²) in [5.74, 6) is -1.72. The monoisotopic (exact) mass is 482 g/mol. The molecule has 4 rings (SSSR count). The molecule has 2 amide bonds. The first-order valence-corrected chi connectivity index (χ1v) is 11.7. The minimum Gasteiger partial charge on any atom is -0.480 e. The molecule has 1 saturated heterocycles. The maximum Gasteiger partial charge on any atom is 0.407 e. The van der Waals surface area contributed by atoms with Gasteiger partial charge in [-0.05, 0) is 42.0 Å². The van der Waals surface area contributed by atoms with E-state index >= 15 is 0 Å². The summed E-state index contributed by atoms with van der Waals surface area (Å²) in [4.78, 5) is 36.2. The second-order valence-corrected chi connectivity index (χ2v) is 8.80. The quantitative estimate of drug-likeness (QED) is 0.502. The molecule has 35 heavy (non-hydrogen) atoms. The maximum absolute atomic E-state index is 12.4. The summed E-state index contributed by atoms with van der Waals surface area (Å²) < 4.78 is 16.3. The number of carboxylic acid groups (broad SMARTS) is 1. The van der Waals surface area contributed by atoms with Crippen molar-refractivity contribution >= 4 is 18.0 Å².